The third-order valence-corrected chi connectivity index (χ3v) is 8.33. The standard InChI is InChI=1S/C32H36N2O3/c1-37-31(36)28-14-12-27(13-15-28)30(35)34-23-19-32(24-34)17-21-33(22-18-32)20-16-29(25-8-4-2-5-9-25)26-10-6-3-7-11-26/h2-15,29H,16-24H2,1H3. The molecule has 0 N–H and O–H groups in total. The number of ether oxygens (including phenoxy) is 1. The second-order valence-corrected chi connectivity index (χ2v) is 10.5. The van der Waals surface area contributed by atoms with Crippen LogP contribution in [0.5, 0.6) is 0 Å². The van der Waals surface area contributed by atoms with E-state index in [1.165, 1.54) is 18.2 Å². The summed E-state index contributed by atoms with van der Waals surface area (Å²) < 4.78 is 4.76. The van der Waals surface area contributed by atoms with Crippen molar-refractivity contribution in [3.63, 3.8) is 0 Å². The summed E-state index contributed by atoms with van der Waals surface area (Å²) in [6.45, 7) is 4.90. The van der Waals surface area contributed by atoms with Gasteiger partial charge in [-0.1, -0.05) is 60.7 Å². The number of benzene rings is 3. The molecule has 2 aliphatic heterocycles. The minimum Gasteiger partial charge on any atom is -0.465 e. The smallest absolute Gasteiger partial charge is 0.337 e. The Kier molecular flexibility index (Phi) is 7.71. The van der Waals surface area contributed by atoms with E-state index in [4.69, 9.17) is 4.74 Å². The Hall–Kier alpha value is -3.44. The number of hydrogen-bond acceptors (Lipinski definition) is 4. The summed E-state index contributed by atoms with van der Waals surface area (Å²) in [5, 5.41) is 0. The number of carbonyl (C=O) groups excluding carboxylic acids is 2. The van der Waals surface area contributed by atoms with E-state index in [9.17, 15) is 9.59 Å². The number of piperidine rings is 1. The summed E-state index contributed by atoms with van der Waals surface area (Å²) in [5.41, 5.74) is 4.09. The zero-order valence-corrected chi connectivity index (χ0v) is 21.6. The van der Waals surface area contributed by atoms with Gasteiger partial charge in [0.25, 0.3) is 5.91 Å². The molecule has 5 rings (SSSR count). The highest BCUT2D eigenvalue weighted by Gasteiger charge is 2.42. The van der Waals surface area contributed by atoms with E-state index in [2.05, 4.69) is 65.6 Å². The van der Waals surface area contributed by atoms with Crippen molar-refractivity contribution in [1.82, 2.24) is 9.80 Å². The Morgan fingerprint density at radius 3 is 1.89 bits per heavy atom. The molecule has 2 heterocycles. The van der Waals surface area contributed by atoms with Gasteiger partial charge in [-0.3, -0.25) is 4.79 Å². The minimum atomic E-state index is -0.384. The molecule has 5 nitrogen and oxygen atoms in total. The first kappa shape index (κ1) is 25.2. The summed E-state index contributed by atoms with van der Waals surface area (Å²) in [5.74, 6) is 0.0810. The monoisotopic (exact) mass is 496 g/mol. The van der Waals surface area contributed by atoms with Crippen molar-refractivity contribution in [1.29, 1.82) is 0 Å². The van der Waals surface area contributed by atoms with Gasteiger partial charge in [0.2, 0.25) is 0 Å². The number of hydrogen-bond donors (Lipinski definition) is 0. The molecule has 3 aromatic carbocycles. The summed E-state index contributed by atoms with van der Waals surface area (Å²) in [4.78, 5) is 29.4. The third kappa shape index (κ3) is 5.78. The van der Waals surface area contributed by atoms with E-state index in [-0.39, 0.29) is 17.3 Å². The molecular formula is C32H36N2O3. The van der Waals surface area contributed by atoms with E-state index in [0.29, 0.717) is 17.0 Å². The van der Waals surface area contributed by atoms with Gasteiger partial charge in [-0.05, 0) is 86.1 Å². The Morgan fingerprint density at radius 2 is 1.32 bits per heavy atom. The van der Waals surface area contributed by atoms with Crippen LogP contribution in [0.15, 0.2) is 84.9 Å². The predicted molar refractivity (Wildman–Crippen MR) is 146 cm³/mol. The fraction of sp³-hybridized carbons (Fsp3) is 0.375. The molecule has 1 amide bonds. The van der Waals surface area contributed by atoms with Crippen molar-refractivity contribution < 1.29 is 14.3 Å². The molecule has 5 heteroatoms. The van der Waals surface area contributed by atoms with Crippen LogP contribution >= 0.6 is 0 Å². The molecule has 0 aliphatic carbocycles. The highest BCUT2D eigenvalue weighted by Crippen LogP contribution is 2.41. The lowest BCUT2D eigenvalue weighted by Gasteiger charge is -2.39. The lowest BCUT2D eigenvalue weighted by atomic mass is 9.77. The van der Waals surface area contributed by atoms with E-state index in [0.717, 1.165) is 58.4 Å². The van der Waals surface area contributed by atoms with Crippen molar-refractivity contribution in [2.45, 2.75) is 31.6 Å². The second-order valence-electron chi connectivity index (χ2n) is 10.5. The van der Waals surface area contributed by atoms with Crippen molar-refractivity contribution in [2.75, 3.05) is 39.8 Å². The molecule has 1 spiro atoms. The first-order chi connectivity index (χ1) is 18.1. The molecule has 0 aromatic heterocycles. The third-order valence-electron chi connectivity index (χ3n) is 8.33. The SMILES string of the molecule is COC(=O)c1ccc(C(=O)N2CCC3(CCN(CCC(c4ccccc4)c4ccccc4)CC3)C2)cc1. The average Bonchev–Trinajstić information content (AvgIpc) is 3.38. The van der Waals surface area contributed by atoms with Gasteiger partial charge in [0.1, 0.15) is 0 Å². The summed E-state index contributed by atoms with van der Waals surface area (Å²) >= 11 is 0. The van der Waals surface area contributed by atoms with E-state index >= 15 is 0 Å². The van der Waals surface area contributed by atoms with Gasteiger partial charge < -0.3 is 14.5 Å². The second kappa shape index (κ2) is 11.3. The Labute approximate surface area is 220 Å². The van der Waals surface area contributed by atoms with Gasteiger partial charge in [0.05, 0.1) is 12.7 Å². The van der Waals surface area contributed by atoms with E-state index in [1.807, 2.05) is 4.90 Å². The zero-order valence-electron chi connectivity index (χ0n) is 21.6. The fourth-order valence-corrected chi connectivity index (χ4v) is 6.03. The molecule has 0 bridgehead atoms. The van der Waals surface area contributed by atoms with Crippen LogP contribution in [0.3, 0.4) is 0 Å². The molecule has 3 aromatic rings. The van der Waals surface area contributed by atoms with Gasteiger partial charge in [-0.2, -0.15) is 0 Å². The molecule has 0 unspecified atom stereocenters. The first-order valence-electron chi connectivity index (χ1n) is 13.4. The van der Waals surface area contributed by atoms with Crippen LogP contribution in [-0.2, 0) is 4.74 Å². The number of methoxy groups -OCH3 is 1. The topological polar surface area (TPSA) is 49.9 Å². The molecule has 192 valence electrons. The Morgan fingerprint density at radius 1 is 0.784 bits per heavy atom. The van der Waals surface area contributed by atoms with Crippen molar-refractivity contribution in [2.24, 2.45) is 5.41 Å². The van der Waals surface area contributed by atoms with E-state index in [1.54, 1.807) is 24.3 Å². The number of esters is 1. The van der Waals surface area contributed by atoms with Gasteiger partial charge in [0.15, 0.2) is 0 Å². The molecule has 0 saturated carbocycles. The van der Waals surface area contributed by atoms with E-state index < -0.39 is 0 Å². The summed E-state index contributed by atoms with van der Waals surface area (Å²) in [6, 6.07) is 28.5. The highest BCUT2D eigenvalue weighted by atomic mass is 16.5. The van der Waals surface area contributed by atoms with Crippen molar-refractivity contribution in [3.05, 3.63) is 107 Å². The molecular weight excluding hydrogens is 460 g/mol. The maximum absolute atomic E-state index is 13.1. The van der Waals surface area contributed by atoms with Crippen LogP contribution in [0.4, 0.5) is 0 Å². The molecule has 2 aliphatic rings. The van der Waals surface area contributed by atoms with Crippen LogP contribution in [0, 0.1) is 5.41 Å². The summed E-state index contributed by atoms with van der Waals surface area (Å²) in [7, 11) is 1.36. The lowest BCUT2D eigenvalue weighted by molar-refractivity contribution is 0.0599. The van der Waals surface area contributed by atoms with Crippen molar-refractivity contribution >= 4 is 11.9 Å². The normalized spacial score (nSPS) is 17.3. The average molecular weight is 497 g/mol. The molecule has 0 atom stereocenters. The number of nitrogens with zero attached hydrogens (tertiary/aromatic N) is 2. The molecule has 2 fully saturated rings. The quantitative estimate of drug-likeness (QED) is 0.398. The van der Waals surface area contributed by atoms with Crippen LogP contribution < -0.4 is 0 Å². The van der Waals surface area contributed by atoms with Crippen LogP contribution in [0.2, 0.25) is 0 Å². The maximum atomic E-state index is 13.1. The van der Waals surface area contributed by atoms with Crippen LogP contribution in [-0.4, -0.2) is 61.5 Å². The Bertz CT molecular complexity index is 1150. The number of rotatable bonds is 7. The van der Waals surface area contributed by atoms with Gasteiger partial charge in [0, 0.05) is 24.6 Å². The zero-order chi connectivity index (χ0) is 25.7. The van der Waals surface area contributed by atoms with Crippen LogP contribution in [0.25, 0.3) is 0 Å². The van der Waals surface area contributed by atoms with Gasteiger partial charge in [-0.25, -0.2) is 4.79 Å². The first-order valence-corrected chi connectivity index (χ1v) is 13.4. The summed E-state index contributed by atoms with van der Waals surface area (Å²) in [6.07, 6.45) is 4.45. The number of likely N-dealkylation sites (tertiary alicyclic amines) is 2. The number of amides is 1. The molecule has 2 saturated heterocycles. The molecule has 37 heavy (non-hydrogen) atoms. The lowest BCUT2D eigenvalue weighted by Crippen LogP contribution is -2.42. The minimum absolute atomic E-state index is 0.0595. The highest BCUT2D eigenvalue weighted by molar-refractivity contribution is 5.96. The fourth-order valence-electron chi connectivity index (χ4n) is 6.03. The maximum Gasteiger partial charge on any atom is 0.337 e. The van der Waals surface area contributed by atoms with Gasteiger partial charge in [-0.15, -0.1) is 0 Å². The largest absolute Gasteiger partial charge is 0.465 e. The number of carbonyl (C=O) groups is 2. The van der Waals surface area contributed by atoms with Gasteiger partial charge >= 0.3 is 5.97 Å². The predicted octanol–water partition coefficient (Wildman–Crippen LogP) is 5.62. The Balaban J connectivity index is 1.15. The van der Waals surface area contributed by atoms with Crippen LogP contribution in [0.1, 0.15) is 63.4 Å². The van der Waals surface area contributed by atoms with Crippen molar-refractivity contribution in [3.8, 4) is 0 Å². The molecule has 0 radical (unpaired) electrons.